The second-order valence-electron chi connectivity index (χ2n) is 8.09. The lowest BCUT2D eigenvalue weighted by Crippen LogP contribution is -2.72. The van der Waals surface area contributed by atoms with E-state index < -0.39 is 0 Å². The minimum absolute atomic E-state index is 0.0523. The molecule has 1 heterocycles. The van der Waals surface area contributed by atoms with Crippen molar-refractivity contribution in [3.63, 3.8) is 0 Å². The maximum Gasteiger partial charge on any atom is 0.410 e. The predicted octanol–water partition coefficient (Wildman–Crippen LogP) is 5.37. The first-order chi connectivity index (χ1) is 13.2. The number of allylic oxidation sites excluding steroid dienone is 1. The van der Waals surface area contributed by atoms with Crippen molar-refractivity contribution in [3.8, 4) is 11.1 Å². The topological polar surface area (TPSA) is 29.5 Å². The Bertz CT molecular complexity index is 853. The zero-order valence-electron chi connectivity index (χ0n) is 15.6. The van der Waals surface area contributed by atoms with Crippen LogP contribution in [0.1, 0.15) is 42.7 Å². The van der Waals surface area contributed by atoms with Gasteiger partial charge in [-0.1, -0.05) is 54.6 Å². The van der Waals surface area contributed by atoms with Gasteiger partial charge in [-0.25, -0.2) is 4.79 Å². The monoisotopic (exact) mass is 359 g/mol. The fraction of sp³-hybridized carbons (Fsp3) is 0.375. The fourth-order valence-electron chi connectivity index (χ4n) is 5.32. The zero-order chi connectivity index (χ0) is 18.4. The van der Waals surface area contributed by atoms with E-state index in [1.807, 2.05) is 11.0 Å². The van der Waals surface area contributed by atoms with Crippen LogP contribution in [0.25, 0.3) is 11.1 Å². The van der Waals surface area contributed by atoms with E-state index in [1.54, 1.807) is 0 Å². The third-order valence-electron chi connectivity index (χ3n) is 6.93. The molecule has 0 radical (unpaired) electrons. The molecule has 27 heavy (non-hydrogen) atoms. The summed E-state index contributed by atoms with van der Waals surface area (Å²) in [5.74, 6) is 0.688. The molecule has 2 aliphatic carbocycles. The van der Waals surface area contributed by atoms with Crippen molar-refractivity contribution in [2.75, 3.05) is 13.2 Å². The molecule has 3 aliphatic rings. The lowest BCUT2D eigenvalue weighted by molar-refractivity contribution is -0.115. The van der Waals surface area contributed by atoms with Gasteiger partial charge in [0.2, 0.25) is 0 Å². The number of ether oxygens (including phenoxy) is 1. The van der Waals surface area contributed by atoms with Gasteiger partial charge in [-0.2, -0.15) is 0 Å². The molecule has 1 unspecified atom stereocenters. The van der Waals surface area contributed by atoms with Crippen LogP contribution in [0.3, 0.4) is 0 Å². The summed E-state index contributed by atoms with van der Waals surface area (Å²) < 4.78 is 5.86. The van der Waals surface area contributed by atoms with Crippen LogP contribution >= 0.6 is 0 Å². The molecule has 138 valence electrons. The zero-order valence-corrected chi connectivity index (χ0v) is 15.6. The molecule has 0 aromatic heterocycles. The average Bonchev–Trinajstić information content (AvgIpc) is 2.96. The normalized spacial score (nSPS) is 21.8. The number of rotatable bonds is 4. The van der Waals surface area contributed by atoms with Crippen LogP contribution in [-0.2, 0) is 4.74 Å². The Labute approximate surface area is 160 Å². The van der Waals surface area contributed by atoms with Gasteiger partial charge in [0.25, 0.3) is 0 Å². The Hall–Kier alpha value is -2.55. The first-order valence-corrected chi connectivity index (χ1v) is 9.98. The number of amides is 1. The minimum Gasteiger partial charge on any atom is -0.448 e. The van der Waals surface area contributed by atoms with Crippen LogP contribution in [0.5, 0.6) is 0 Å². The second-order valence-corrected chi connectivity index (χ2v) is 8.09. The number of fused-ring (bicyclic) bond motifs is 3. The van der Waals surface area contributed by atoms with E-state index >= 15 is 0 Å². The maximum absolute atomic E-state index is 12.8. The Morgan fingerprint density at radius 1 is 1.11 bits per heavy atom. The highest BCUT2D eigenvalue weighted by Gasteiger charge is 2.58. The standard InChI is InChI=1S/C24H25NO2/c1-2-8-17-15-25(24(17)13-7-14-24)23(26)27-16-22-20-11-5-3-9-18(20)19-10-4-6-12-21(19)22/h2-6,9-12,17,22H,1,7-8,13-16H2. The van der Waals surface area contributed by atoms with Gasteiger partial charge in [0.15, 0.2) is 0 Å². The molecule has 1 atom stereocenters. The molecular weight excluding hydrogens is 334 g/mol. The Morgan fingerprint density at radius 3 is 2.30 bits per heavy atom. The van der Waals surface area contributed by atoms with Gasteiger partial charge in [-0.15, -0.1) is 6.58 Å². The van der Waals surface area contributed by atoms with E-state index in [4.69, 9.17) is 4.74 Å². The van der Waals surface area contributed by atoms with E-state index in [-0.39, 0.29) is 17.6 Å². The van der Waals surface area contributed by atoms with Gasteiger partial charge in [-0.3, -0.25) is 0 Å². The van der Waals surface area contributed by atoms with Gasteiger partial charge in [-0.05, 0) is 47.9 Å². The van der Waals surface area contributed by atoms with E-state index in [0.29, 0.717) is 12.5 Å². The van der Waals surface area contributed by atoms with Crippen LogP contribution in [0.2, 0.25) is 0 Å². The number of hydrogen-bond acceptors (Lipinski definition) is 2. The van der Waals surface area contributed by atoms with Gasteiger partial charge in [0.1, 0.15) is 6.61 Å². The maximum atomic E-state index is 12.8. The van der Waals surface area contributed by atoms with E-state index in [1.165, 1.54) is 28.7 Å². The number of benzene rings is 2. The lowest BCUT2D eigenvalue weighted by atomic mass is 9.60. The molecule has 1 saturated heterocycles. The summed E-state index contributed by atoms with van der Waals surface area (Å²) in [7, 11) is 0. The molecule has 1 amide bonds. The third kappa shape index (κ3) is 2.37. The highest BCUT2D eigenvalue weighted by Crippen LogP contribution is 2.53. The summed E-state index contributed by atoms with van der Waals surface area (Å²) >= 11 is 0. The summed E-state index contributed by atoms with van der Waals surface area (Å²) in [6.45, 7) is 5.09. The summed E-state index contributed by atoms with van der Waals surface area (Å²) in [5.41, 5.74) is 5.10. The van der Waals surface area contributed by atoms with Gasteiger partial charge in [0, 0.05) is 18.4 Å². The van der Waals surface area contributed by atoms with E-state index in [0.717, 1.165) is 25.8 Å². The SMILES string of the molecule is C=CCC1CN(C(=O)OCC2c3ccccc3-c3ccccc32)C12CCC2. The molecule has 1 aliphatic heterocycles. The van der Waals surface area contributed by atoms with Crippen LogP contribution in [0.4, 0.5) is 4.79 Å². The summed E-state index contributed by atoms with van der Waals surface area (Å²) in [5, 5.41) is 0. The van der Waals surface area contributed by atoms with Crippen molar-refractivity contribution in [1.82, 2.24) is 4.90 Å². The molecule has 2 fully saturated rings. The van der Waals surface area contributed by atoms with Gasteiger partial charge < -0.3 is 9.64 Å². The Morgan fingerprint density at radius 2 is 1.74 bits per heavy atom. The highest BCUT2D eigenvalue weighted by molar-refractivity contribution is 5.79. The smallest absolute Gasteiger partial charge is 0.410 e. The van der Waals surface area contributed by atoms with Crippen molar-refractivity contribution in [2.24, 2.45) is 5.92 Å². The Balaban J connectivity index is 1.32. The molecule has 5 rings (SSSR count). The van der Waals surface area contributed by atoms with Crippen LogP contribution in [0, 0.1) is 5.92 Å². The first-order valence-electron chi connectivity index (χ1n) is 9.98. The number of carbonyl (C=O) groups is 1. The van der Waals surface area contributed by atoms with E-state index in [2.05, 4.69) is 55.1 Å². The van der Waals surface area contributed by atoms with Crippen molar-refractivity contribution >= 4 is 6.09 Å². The van der Waals surface area contributed by atoms with Gasteiger partial charge >= 0.3 is 6.09 Å². The first kappa shape index (κ1) is 16.6. The summed E-state index contributed by atoms with van der Waals surface area (Å²) in [4.78, 5) is 14.8. The van der Waals surface area contributed by atoms with Gasteiger partial charge in [0.05, 0.1) is 5.54 Å². The van der Waals surface area contributed by atoms with Crippen molar-refractivity contribution in [3.05, 3.63) is 72.3 Å². The number of nitrogens with zero attached hydrogens (tertiary/aromatic N) is 1. The summed E-state index contributed by atoms with van der Waals surface area (Å²) in [6, 6.07) is 16.9. The number of hydrogen-bond donors (Lipinski definition) is 0. The molecule has 0 bridgehead atoms. The Kier molecular flexibility index (Phi) is 3.85. The van der Waals surface area contributed by atoms with E-state index in [9.17, 15) is 4.79 Å². The minimum atomic E-state index is -0.142. The molecule has 2 aromatic carbocycles. The average molecular weight is 359 g/mol. The van der Waals surface area contributed by atoms with Crippen molar-refractivity contribution in [2.45, 2.75) is 37.1 Å². The number of carbonyl (C=O) groups excluding carboxylic acids is 1. The molecule has 2 aromatic rings. The third-order valence-corrected chi connectivity index (χ3v) is 6.93. The van der Waals surface area contributed by atoms with Crippen LogP contribution in [0.15, 0.2) is 61.2 Å². The molecule has 3 nitrogen and oxygen atoms in total. The largest absolute Gasteiger partial charge is 0.448 e. The van der Waals surface area contributed by atoms with Crippen LogP contribution in [-0.4, -0.2) is 29.7 Å². The molecule has 1 saturated carbocycles. The second kappa shape index (κ2) is 6.26. The molecular formula is C24H25NO2. The quantitative estimate of drug-likeness (QED) is 0.687. The van der Waals surface area contributed by atoms with Crippen molar-refractivity contribution in [1.29, 1.82) is 0 Å². The number of likely N-dealkylation sites (tertiary alicyclic amines) is 1. The predicted molar refractivity (Wildman–Crippen MR) is 107 cm³/mol. The fourth-order valence-corrected chi connectivity index (χ4v) is 5.32. The lowest BCUT2D eigenvalue weighted by Gasteiger charge is -2.63. The molecule has 1 spiro atoms. The summed E-state index contributed by atoms with van der Waals surface area (Å²) in [6.07, 6.45) is 6.26. The highest BCUT2D eigenvalue weighted by atomic mass is 16.6. The van der Waals surface area contributed by atoms with Crippen LogP contribution < -0.4 is 0 Å². The molecule has 0 N–H and O–H groups in total. The van der Waals surface area contributed by atoms with Crippen molar-refractivity contribution < 1.29 is 9.53 Å². The molecule has 3 heteroatoms.